The van der Waals surface area contributed by atoms with E-state index in [0.29, 0.717) is 24.4 Å². The third-order valence-corrected chi connectivity index (χ3v) is 4.76. The van der Waals surface area contributed by atoms with Crippen LogP contribution < -0.4 is 15.4 Å². The summed E-state index contributed by atoms with van der Waals surface area (Å²) in [5.74, 6) is 0.116. The van der Waals surface area contributed by atoms with Crippen molar-refractivity contribution in [1.29, 1.82) is 0 Å². The number of hydrogen-bond donors (Lipinski definition) is 2. The minimum atomic E-state index is -0.243. The Bertz CT molecular complexity index is 958. The van der Waals surface area contributed by atoms with Crippen LogP contribution in [0.5, 0.6) is 5.75 Å². The maximum Gasteiger partial charge on any atom is 0.257 e. The molecule has 3 rings (SSSR count). The van der Waals surface area contributed by atoms with Crippen molar-refractivity contribution >= 4 is 11.8 Å². The first-order valence-electron chi connectivity index (χ1n) is 9.99. The fourth-order valence-corrected chi connectivity index (χ4v) is 3.01. The normalized spacial score (nSPS) is 11.4. The Hall–Kier alpha value is -3.60. The number of carbonyl (C=O) groups excluding carboxylic acids is 2. The average molecular weight is 402 g/mol. The van der Waals surface area contributed by atoms with Gasteiger partial charge in [0, 0.05) is 13.1 Å². The van der Waals surface area contributed by atoms with Crippen molar-refractivity contribution < 1.29 is 14.3 Å². The predicted octanol–water partition coefficient (Wildman–Crippen LogP) is 3.92. The third kappa shape index (κ3) is 6.21. The fourth-order valence-electron chi connectivity index (χ4n) is 3.01. The molecule has 3 aromatic carbocycles. The zero-order valence-electron chi connectivity index (χ0n) is 17.0. The molecule has 0 bridgehead atoms. The molecule has 2 amide bonds. The molecule has 0 spiro atoms. The zero-order chi connectivity index (χ0) is 21.2. The van der Waals surface area contributed by atoms with Crippen LogP contribution in [0.1, 0.15) is 34.3 Å². The molecule has 0 unspecified atom stereocenters. The highest BCUT2D eigenvalue weighted by Gasteiger charge is 2.14. The summed E-state index contributed by atoms with van der Waals surface area (Å²) >= 11 is 0. The number of rotatable bonds is 9. The van der Waals surface area contributed by atoms with Gasteiger partial charge in [-0.3, -0.25) is 9.59 Å². The lowest BCUT2D eigenvalue weighted by atomic mass is 10.0. The number of benzene rings is 3. The number of amides is 2. The van der Waals surface area contributed by atoms with E-state index in [1.54, 1.807) is 24.3 Å². The lowest BCUT2D eigenvalue weighted by Gasteiger charge is -2.14. The van der Waals surface area contributed by atoms with Gasteiger partial charge >= 0.3 is 0 Å². The van der Waals surface area contributed by atoms with Crippen LogP contribution in [0.2, 0.25) is 0 Å². The van der Waals surface area contributed by atoms with E-state index in [1.165, 1.54) is 5.56 Å². The summed E-state index contributed by atoms with van der Waals surface area (Å²) in [6.45, 7) is 2.85. The van der Waals surface area contributed by atoms with Gasteiger partial charge in [0.05, 0.1) is 5.56 Å². The van der Waals surface area contributed by atoms with Crippen molar-refractivity contribution in [2.45, 2.75) is 19.4 Å². The molecule has 0 saturated carbocycles. The summed E-state index contributed by atoms with van der Waals surface area (Å²) in [5, 5.41) is 5.76. The second-order valence-corrected chi connectivity index (χ2v) is 7.07. The van der Waals surface area contributed by atoms with Crippen LogP contribution in [0.15, 0.2) is 84.9 Å². The van der Waals surface area contributed by atoms with Gasteiger partial charge in [0.15, 0.2) is 6.61 Å². The highest BCUT2D eigenvalue weighted by Crippen LogP contribution is 2.18. The van der Waals surface area contributed by atoms with Gasteiger partial charge < -0.3 is 15.4 Å². The van der Waals surface area contributed by atoms with E-state index >= 15 is 0 Å². The summed E-state index contributed by atoms with van der Waals surface area (Å²) in [6.07, 6.45) is 0. The number of ether oxygens (including phenoxy) is 1. The van der Waals surface area contributed by atoms with Gasteiger partial charge in [-0.05, 0) is 29.2 Å². The van der Waals surface area contributed by atoms with Gasteiger partial charge in [-0.2, -0.15) is 0 Å². The van der Waals surface area contributed by atoms with E-state index in [1.807, 2.05) is 60.7 Å². The molecule has 154 valence electrons. The Kier molecular flexibility index (Phi) is 7.61. The first-order valence-corrected chi connectivity index (χ1v) is 9.99. The van der Waals surface area contributed by atoms with E-state index in [-0.39, 0.29) is 24.3 Å². The highest BCUT2D eigenvalue weighted by atomic mass is 16.5. The standard InChI is InChI=1S/C25H26N2O3/c1-19(21-12-6-3-7-13-21)16-26-24(28)18-30-23-15-9-8-14-22(23)25(29)27-17-20-10-4-2-5-11-20/h2-15,19H,16-18H2,1H3,(H,26,28)(H,27,29)/t19-/m1/s1. The van der Waals surface area contributed by atoms with Crippen molar-refractivity contribution in [2.75, 3.05) is 13.2 Å². The molecular weight excluding hydrogens is 376 g/mol. The molecular formula is C25H26N2O3. The van der Waals surface area contributed by atoms with Gasteiger partial charge in [-0.15, -0.1) is 0 Å². The molecule has 2 N–H and O–H groups in total. The minimum absolute atomic E-state index is 0.148. The average Bonchev–Trinajstić information content (AvgIpc) is 2.81. The summed E-state index contributed by atoms with van der Waals surface area (Å²) in [5.41, 5.74) is 2.58. The molecule has 5 heteroatoms. The van der Waals surface area contributed by atoms with Crippen molar-refractivity contribution in [3.05, 3.63) is 102 Å². The van der Waals surface area contributed by atoms with Crippen LogP contribution >= 0.6 is 0 Å². The highest BCUT2D eigenvalue weighted by molar-refractivity contribution is 5.97. The Morgan fingerprint density at radius 2 is 1.47 bits per heavy atom. The van der Waals surface area contributed by atoms with Gasteiger partial charge in [0.2, 0.25) is 0 Å². The van der Waals surface area contributed by atoms with Gasteiger partial charge in [-0.1, -0.05) is 79.7 Å². The van der Waals surface area contributed by atoms with Gasteiger partial charge in [-0.25, -0.2) is 0 Å². The molecule has 0 saturated heterocycles. The van der Waals surface area contributed by atoms with Gasteiger partial charge in [0.25, 0.3) is 11.8 Å². The van der Waals surface area contributed by atoms with E-state index < -0.39 is 0 Å². The SMILES string of the molecule is C[C@H](CNC(=O)COc1ccccc1C(=O)NCc1ccccc1)c1ccccc1. The molecule has 3 aromatic rings. The zero-order valence-corrected chi connectivity index (χ0v) is 17.0. The summed E-state index contributed by atoms with van der Waals surface area (Å²) in [7, 11) is 0. The molecule has 1 atom stereocenters. The van der Waals surface area contributed by atoms with Crippen molar-refractivity contribution in [1.82, 2.24) is 10.6 Å². The Balaban J connectivity index is 1.50. The van der Waals surface area contributed by atoms with Crippen LogP contribution in [-0.4, -0.2) is 25.0 Å². The van der Waals surface area contributed by atoms with Crippen LogP contribution in [0, 0.1) is 0 Å². The molecule has 0 radical (unpaired) electrons. The van der Waals surface area contributed by atoms with Crippen molar-refractivity contribution in [2.24, 2.45) is 0 Å². The summed E-state index contributed by atoms with van der Waals surface area (Å²) < 4.78 is 5.64. The number of hydrogen-bond acceptors (Lipinski definition) is 3. The minimum Gasteiger partial charge on any atom is -0.483 e. The molecule has 30 heavy (non-hydrogen) atoms. The summed E-state index contributed by atoms with van der Waals surface area (Å²) in [4.78, 5) is 24.8. The van der Waals surface area contributed by atoms with Gasteiger partial charge in [0.1, 0.15) is 5.75 Å². The van der Waals surface area contributed by atoms with Crippen molar-refractivity contribution in [3.63, 3.8) is 0 Å². The molecule has 0 aromatic heterocycles. The second kappa shape index (κ2) is 10.8. The molecule has 5 nitrogen and oxygen atoms in total. The fraction of sp³-hybridized carbons (Fsp3) is 0.200. The van der Waals surface area contributed by atoms with Crippen LogP contribution in [0.25, 0.3) is 0 Å². The maximum atomic E-state index is 12.6. The molecule has 0 aliphatic heterocycles. The second-order valence-electron chi connectivity index (χ2n) is 7.07. The predicted molar refractivity (Wildman–Crippen MR) is 117 cm³/mol. The largest absolute Gasteiger partial charge is 0.483 e. The Morgan fingerprint density at radius 3 is 2.20 bits per heavy atom. The van der Waals surface area contributed by atoms with Crippen LogP contribution in [0.3, 0.4) is 0 Å². The number of carbonyl (C=O) groups is 2. The van der Waals surface area contributed by atoms with Crippen LogP contribution in [0.4, 0.5) is 0 Å². The van der Waals surface area contributed by atoms with E-state index in [2.05, 4.69) is 17.6 Å². The molecule has 0 aliphatic carbocycles. The number of para-hydroxylation sites is 1. The lowest BCUT2D eigenvalue weighted by molar-refractivity contribution is -0.123. The van der Waals surface area contributed by atoms with Crippen molar-refractivity contribution in [3.8, 4) is 5.75 Å². The molecule has 0 aliphatic rings. The Labute approximate surface area is 177 Å². The third-order valence-electron chi connectivity index (χ3n) is 4.76. The lowest BCUT2D eigenvalue weighted by Crippen LogP contribution is -2.32. The smallest absolute Gasteiger partial charge is 0.257 e. The molecule has 0 heterocycles. The first-order chi connectivity index (χ1) is 14.6. The van der Waals surface area contributed by atoms with E-state index in [0.717, 1.165) is 5.56 Å². The monoisotopic (exact) mass is 402 g/mol. The topological polar surface area (TPSA) is 67.4 Å². The van der Waals surface area contributed by atoms with Crippen LogP contribution in [-0.2, 0) is 11.3 Å². The first kappa shape index (κ1) is 21.1. The molecule has 0 fully saturated rings. The summed E-state index contributed by atoms with van der Waals surface area (Å²) in [6, 6.07) is 26.6. The van der Waals surface area contributed by atoms with E-state index in [4.69, 9.17) is 4.74 Å². The maximum absolute atomic E-state index is 12.6. The number of nitrogens with one attached hydrogen (secondary N) is 2. The quantitative estimate of drug-likeness (QED) is 0.570. The Morgan fingerprint density at radius 1 is 0.833 bits per heavy atom. The van der Waals surface area contributed by atoms with E-state index in [9.17, 15) is 9.59 Å².